The second-order valence-corrected chi connectivity index (χ2v) is 6.50. The van der Waals surface area contributed by atoms with Gasteiger partial charge in [0.15, 0.2) is 0 Å². The van der Waals surface area contributed by atoms with Crippen molar-refractivity contribution in [2.45, 2.75) is 36.3 Å². The Morgan fingerprint density at radius 1 is 1.31 bits per heavy atom. The molecule has 0 radical (unpaired) electrons. The molecule has 88 valence electrons. The van der Waals surface area contributed by atoms with Crippen molar-refractivity contribution in [2.24, 2.45) is 5.73 Å². The van der Waals surface area contributed by atoms with Crippen molar-refractivity contribution >= 4 is 22.4 Å². The van der Waals surface area contributed by atoms with Crippen molar-refractivity contribution in [3.8, 4) is 0 Å². The van der Waals surface area contributed by atoms with Crippen molar-refractivity contribution in [3.63, 3.8) is 0 Å². The molecule has 16 heavy (non-hydrogen) atoms. The fourth-order valence-electron chi connectivity index (χ4n) is 2.07. The van der Waals surface area contributed by atoms with Crippen molar-refractivity contribution in [3.05, 3.63) is 34.9 Å². The molecule has 2 nitrogen and oxygen atoms in total. The zero-order chi connectivity index (χ0) is 11.5. The second kappa shape index (κ2) is 5.30. The molecule has 0 saturated heterocycles. The molecular weight excluding hydrogens is 242 g/mol. The number of benzene rings is 1. The lowest BCUT2D eigenvalue weighted by Gasteiger charge is -2.09. The molecule has 1 aromatic rings. The van der Waals surface area contributed by atoms with Gasteiger partial charge < -0.3 is 5.73 Å². The van der Waals surface area contributed by atoms with E-state index in [1.165, 1.54) is 0 Å². The molecule has 1 fully saturated rings. The number of rotatable bonds is 3. The van der Waals surface area contributed by atoms with E-state index >= 15 is 0 Å². The van der Waals surface area contributed by atoms with Gasteiger partial charge in [-0.1, -0.05) is 23.7 Å². The van der Waals surface area contributed by atoms with E-state index in [1.54, 1.807) is 0 Å². The summed E-state index contributed by atoms with van der Waals surface area (Å²) >= 11 is 5.80. The van der Waals surface area contributed by atoms with Crippen LogP contribution in [0, 0.1) is 0 Å². The van der Waals surface area contributed by atoms with Crippen molar-refractivity contribution in [1.29, 1.82) is 0 Å². The maximum Gasteiger partial charge on any atom is 0.0488 e. The number of hydrogen-bond donors (Lipinski definition) is 1. The molecule has 0 aromatic heterocycles. The topological polar surface area (TPSA) is 43.1 Å². The summed E-state index contributed by atoms with van der Waals surface area (Å²) in [6.07, 6.45) is 2.92. The van der Waals surface area contributed by atoms with Gasteiger partial charge in [-0.15, -0.1) is 0 Å². The predicted molar refractivity (Wildman–Crippen MR) is 68.9 cm³/mol. The lowest BCUT2D eigenvalue weighted by atomic mass is 10.2. The van der Waals surface area contributed by atoms with E-state index in [9.17, 15) is 4.21 Å². The summed E-state index contributed by atoms with van der Waals surface area (Å²) < 4.78 is 12.1. The van der Waals surface area contributed by atoms with Crippen LogP contribution >= 0.6 is 11.6 Å². The lowest BCUT2D eigenvalue weighted by Crippen LogP contribution is -2.19. The van der Waals surface area contributed by atoms with Crippen molar-refractivity contribution < 1.29 is 4.21 Å². The first-order valence-electron chi connectivity index (χ1n) is 5.52. The summed E-state index contributed by atoms with van der Waals surface area (Å²) in [5, 5.41) is 1.00. The van der Waals surface area contributed by atoms with Crippen molar-refractivity contribution in [1.82, 2.24) is 0 Å². The molecule has 0 heterocycles. The van der Waals surface area contributed by atoms with Crippen LogP contribution in [0.2, 0.25) is 5.02 Å². The maximum atomic E-state index is 12.1. The van der Waals surface area contributed by atoms with E-state index in [1.807, 2.05) is 24.3 Å². The summed E-state index contributed by atoms with van der Waals surface area (Å²) in [5.74, 6) is 0.620. The lowest BCUT2D eigenvalue weighted by molar-refractivity contribution is 0.664. The Balaban J connectivity index is 1.94. The van der Waals surface area contributed by atoms with Crippen LogP contribution in [0.5, 0.6) is 0 Å². The van der Waals surface area contributed by atoms with Gasteiger partial charge in [-0.3, -0.25) is 4.21 Å². The molecule has 0 spiro atoms. The van der Waals surface area contributed by atoms with Crippen LogP contribution < -0.4 is 5.73 Å². The summed E-state index contributed by atoms with van der Waals surface area (Å²) in [6.45, 7) is 0. The third kappa shape index (κ3) is 3.06. The minimum atomic E-state index is -0.797. The number of hydrogen-bond acceptors (Lipinski definition) is 2. The van der Waals surface area contributed by atoms with Crippen LogP contribution in [0.4, 0.5) is 0 Å². The summed E-state index contributed by atoms with van der Waals surface area (Å²) in [6, 6.07) is 7.81. The number of halogens is 1. The first-order chi connectivity index (χ1) is 7.65. The summed E-state index contributed by atoms with van der Waals surface area (Å²) in [4.78, 5) is 0. The molecule has 0 bridgehead atoms. The molecule has 3 unspecified atom stereocenters. The first kappa shape index (κ1) is 12.1. The minimum absolute atomic E-state index is 0.249. The van der Waals surface area contributed by atoms with Gasteiger partial charge in [-0.2, -0.15) is 0 Å². The Morgan fingerprint density at radius 3 is 2.56 bits per heavy atom. The Morgan fingerprint density at radius 2 is 2.00 bits per heavy atom. The first-order valence-corrected chi connectivity index (χ1v) is 7.28. The van der Waals surface area contributed by atoms with Gasteiger partial charge in [-0.25, -0.2) is 0 Å². The van der Waals surface area contributed by atoms with E-state index < -0.39 is 10.8 Å². The Kier molecular flexibility index (Phi) is 4.00. The molecule has 0 aliphatic heterocycles. The van der Waals surface area contributed by atoms with Gasteiger partial charge in [0.1, 0.15) is 0 Å². The van der Waals surface area contributed by atoms with E-state index in [0.29, 0.717) is 5.75 Å². The highest BCUT2D eigenvalue weighted by atomic mass is 35.5. The third-order valence-corrected chi connectivity index (χ3v) is 5.06. The zero-order valence-corrected chi connectivity index (χ0v) is 10.6. The standard InChI is InChI=1S/C12H16ClNOS/c13-10-3-1-9(2-4-10)8-16(15)12-6-5-11(14)7-12/h1-4,11-12H,5-8,14H2. The molecule has 1 aliphatic rings. The fraction of sp³-hybridized carbons (Fsp3) is 0.500. The molecule has 1 aromatic carbocycles. The normalized spacial score (nSPS) is 26.9. The van der Waals surface area contributed by atoms with E-state index in [0.717, 1.165) is 29.8 Å². The highest BCUT2D eigenvalue weighted by Crippen LogP contribution is 2.24. The highest BCUT2D eigenvalue weighted by Gasteiger charge is 2.26. The van der Waals surface area contributed by atoms with E-state index in [2.05, 4.69) is 0 Å². The van der Waals surface area contributed by atoms with E-state index in [4.69, 9.17) is 17.3 Å². The molecule has 2 N–H and O–H groups in total. The molecule has 2 rings (SSSR count). The van der Waals surface area contributed by atoms with Crippen LogP contribution in [-0.2, 0) is 16.6 Å². The predicted octanol–water partition coefficient (Wildman–Crippen LogP) is 2.47. The molecule has 1 saturated carbocycles. The van der Waals surface area contributed by atoms with Gasteiger partial charge in [-0.05, 0) is 37.0 Å². The van der Waals surface area contributed by atoms with Crippen LogP contribution in [0.1, 0.15) is 24.8 Å². The highest BCUT2D eigenvalue weighted by molar-refractivity contribution is 7.84. The average molecular weight is 258 g/mol. The zero-order valence-electron chi connectivity index (χ0n) is 9.06. The Bertz CT molecular complexity index is 379. The average Bonchev–Trinajstić information content (AvgIpc) is 2.68. The van der Waals surface area contributed by atoms with Gasteiger partial charge in [0.25, 0.3) is 0 Å². The Labute approximate surface area is 104 Å². The molecular formula is C12H16ClNOS. The second-order valence-electron chi connectivity index (χ2n) is 4.35. The number of nitrogens with two attached hydrogens (primary N) is 1. The SMILES string of the molecule is NC1CCC(S(=O)Cc2ccc(Cl)cc2)C1. The van der Waals surface area contributed by atoms with E-state index in [-0.39, 0.29) is 11.3 Å². The monoisotopic (exact) mass is 257 g/mol. The van der Waals surface area contributed by atoms with Crippen LogP contribution in [0.15, 0.2) is 24.3 Å². The molecule has 4 heteroatoms. The quantitative estimate of drug-likeness (QED) is 0.904. The largest absolute Gasteiger partial charge is 0.328 e. The van der Waals surface area contributed by atoms with Gasteiger partial charge in [0.2, 0.25) is 0 Å². The minimum Gasteiger partial charge on any atom is -0.328 e. The van der Waals surface area contributed by atoms with Crippen molar-refractivity contribution in [2.75, 3.05) is 0 Å². The van der Waals surface area contributed by atoms with Gasteiger partial charge >= 0.3 is 0 Å². The fourth-order valence-corrected chi connectivity index (χ4v) is 3.82. The summed E-state index contributed by atoms with van der Waals surface area (Å²) in [5.41, 5.74) is 6.91. The molecule has 3 atom stereocenters. The van der Waals surface area contributed by atoms with Crippen LogP contribution in [0.25, 0.3) is 0 Å². The maximum absolute atomic E-state index is 12.1. The molecule has 1 aliphatic carbocycles. The summed E-state index contributed by atoms with van der Waals surface area (Å²) in [7, 11) is -0.797. The molecule has 0 amide bonds. The van der Waals surface area contributed by atoms with Gasteiger partial charge in [0, 0.05) is 32.9 Å². The smallest absolute Gasteiger partial charge is 0.0488 e. The Hall–Kier alpha value is -0.380. The van der Waals surface area contributed by atoms with Crippen LogP contribution in [0.3, 0.4) is 0 Å². The third-order valence-electron chi connectivity index (χ3n) is 3.02. The van der Waals surface area contributed by atoms with Gasteiger partial charge in [0.05, 0.1) is 0 Å². The van der Waals surface area contributed by atoms with Crippen LogP contribution in [-0.4, -0.2) is 15.5 Å².